The Balaban J connectivity index is 1.73. The third-order valence-corrected chi connectivity index (χ3v) is 3.80. The minimum atomic E-state index is -0.529. The van der Waals surface area contributed by atoms with Gasteiger partial charge >= 0.3 is 5.97 Å². The lowest BCUT2D eigenvalue weighted by molar-refractivity contribution is -0.123. The molecule has 0 heterocycles. The number of esters is 1. The fraction of sp³-hybridized carbons (Fsp3) is 0.158. The van der Waals surface area contributed by atoms with E-state index in [2.05, 4.69) is 16.2 Å². The number of halogens is 1. The van der Waals surface area contributed by atoms with E-state index in [1.807, 2.05) is 0 Å². The summed E-state index contributed by atoms with van der Waals surface area (Å²) in [6, 6.07) is 12.5. The molecule has 0 aliphatic rings. The van der Waals surface area contributed by atoms with E-state index in [1.165, 1.54) is 18.2 Å². The summed E-state index contributed by atoms with van der Waals surface area (Å²) in [5.41, 5.74) is 5.40. The number of carbonyl (C=O) groups excluding carboxylic acids is 3. The minimum Gasteiger partial charge on any atom is -0.484 e. The van der Waals surface area contributed by atoms with Crippen molar-refractivity contribution < 1.29 is 23.9 Å². The van der Waals surface area contributed by atoms with Crippen LogP contribution in [0.25, 0.3) is 0 Å². The lowest BCUT2D eigenvalue weighted by Crippen LogP contribution is -2.49. The van der Waals surface area contributed by atoms with Crippen LogP contribution in [0.4, 0.5) is 0 Å². The highest BCUT2D eigenvalue weighted by Gasteiger charge is 2.10. The van der Waals surface area contributed by atoms with Gasteiger partial charge in [-0.3, -0.25) is 25.8 Å². The highest BCUT2D eigenvalue weighted by atomic mass is 35.5. The van der Waals surface area contributed by atoms with Gasteiger partial charge in [0, 0.05) is 10.6 Å². The van der Waals surface area contributed by atoms with Crippen LogP contribution < -0.4 is 20.9 Å². The number of rotatable bonds is 6. The maximum Gasteiger partial charge on any atom is 0.338 e. The maximum absolute atomic E-state index is 12.0. The molecule has 2 aromatic carbocycles. The van der Waals surface area contributed by atoms with Gasteiger partial charge in [0.25, 0.3) is 11.8 Å². The molecule has 0 spiro atoms. The SMILES string of the molecule is CCOC(=O)c1ccc(OCC(=O)NNC(=S)NC(=O)c2cccc(Cl)c2)cc1. The topological polar surface area (TPSA) is 106 Å². The summed E-state index contributed by atoms with van der Waals surface area (Å²) in [4.78, 5) is 35.4. The zero-order chi connectivity index (χ0) is 21.2. The number of nitrogens with one attached hydrogen (secondary N) is 3. The molecular formula is C19H18ClN3O5S. The van der Waals surface area contributed by atoms with Crippen molar-refractivity contribution in [3.63, 3.8) is 0 Å². The molecule has 0 atom stereocenters. The van der Waals surface area contributed by atoms with Gasteiger partial charge in [0.2, 0.25) is 0 Å². The van der Waals surface area contributed by atoms with Crippen molar-refractivity contribution in [3.8, 4) is 5.75 Å². The van der Waals surface area contributed by atoms with E-state index in [0.717, 1.165) is 0 Å². The van der Waals surface area contributed by atoms with Crippen LogP contribution in [0.5, 0.6) is 5.75 Å². The first-order valence-electron chi connectivity index (χ1n) is 8.44. The lowest BCUT2D eigenvalue weighted by Gasteiger charge is -2.11. The highest BCUT2D eigenvalue weighted by molar-refractivity contribution is 7.80. The average molecular weight is 436 g/mol. The fourth-order valence-electron chi connectivity index (χ4n) is 2.05. The van der Waals surface area contributed by atoms with Gasteiger partial charge in [-0.1, -0.05) is 17.7 Å². The first kappa shape index (κ1) is 22.1. The molecule has 0 saturated carbocycles. The molecule has 0 aliphatic heterocycles. The van der Waals surface area contributed by atoms with Crippen molar-refractivity contribution in [1.82, 2.24) is 16.2 Å². The standard InChI is InChI=1S/C19H18ClN3O5S/c1-2-27-18(26)12-6-8-15(9-7-12)28-11-16(24)22-23-19(29)21-17(25)13-4-3-5-14(20)10-13/h3-10H,2,11H2,1H3,(H,22,24)(H2,21,23,25,29). The molecule has 0 bridgehead atoms. The van der Waals surface area contributed by atoms with Crippen LogP contribution in [-0.4, -0.2) is 36.1 Å². The molecular weight excluding hydrogens is 418 g/mol. The maximum atomic E-state index is 12.0. The molecule has 29 heavy (non-hydrogen) atoms. The molecule has 10 heteroatoms. The second kappa shape index (κ2) is 11.0. The molecule has 2 rings (SSSR count). The molecule has 0 unspecified atom stereocenters. The van der Waals surface area contributed by atoms with Crippen LogP contribution in [0.15, 0.2) is 48.5 Å². The first-order valence-corrected chi connectivity index (χ1v) is 9.23. The third-order valence-electron chi connectivity index (χ3n) is 3.36. The molecule has 2 amide bonds. The molecule has 0 saturated heterocycles. The smallest absolute Gasteiger partial charge is 0.338 e. The van der Waals surface area contributed by atoms with Crippen LogP contribution in [0.3, 0.4) is 0 Å². The van der Waals surface area contributed by atoms with Crippen LogP contribution >= 0.6 is 23.8 Å². The molecule has 2 aromatic rings. The predicted octanol–water partition coefficient (Wildman–Crippen LogP) is 2.23. The molecule has 3 N–H and O–H groups in total. The molecule has 0 fully saturated rings. The van der Waals surface area contributed by atoms with Gasteiger partial charge in [0.15, 0.2) is 11.7 Å². The number of hydrazine groups is 1. The van der Waals surface area contributed by atoms with E-state index in [1.54, 1.807) is 37.3 Å². The molecule has 0 aromatic heterocycles. The Morgan fingerprint density at radius 2 is 1.76 bits per heavy atom. The molecule has 0 radical (unpaired) electrons. The van der Waals surface area contributed by atoms with E-state index in [4.69, 9.17) is 33.3 Å². The average Bonchev–Trinajstić information content (AvgIpc) is 2.71. The van der Waals surface area contributed by atoms with Crippen molar-refractivity contribution in [3.05, 3.63) is 64.7 Å². The summed E-state index contributed by atoms with van der Waals surface area (Å²) < 4.78 is 10.2. The van der Waals surface area contributed by atoms with Crippen LogP contribution in [0, 0.1) is 0 Å². The second-order valence-electron chi connectivity index (χ2n) is 5.50. The van der Waals surface area contributed by atoms with Crippen molar-refractivity contribution in [2.45, 2.75) is 6.92 Å². The number of carbonyl (C=O) groups is 3. The van der Waals surface area contributed by atoms with Gasteiger partial charge < -0.3 is 9.47 Å². The first-order chi connectivity index (χ1) is 13.9. The van der Waals surface area contributed by atoms with Gasteiger partial charge in [0.05, 0.1) is 12.2 Å². The van der Waals surface area contributed by atoms with E-state index in [-0.39, 0.29) is 18.3 Å². The van der Waals surface area contributed by atoms with Crippen LogP contribution in [0.2, 0.25) is 5.02 Å². The summed E-state index contributed by atoms with van der Waals surface area (Å²) in [6.45, 7) is 1.69. The summed E-state index contributed by atoms with van der Waals surface area (Å²) in [7, 11) is 0. The Labute approximate surface area is 177 Å². The highest BCUT2D eigenvalue weighted by Crippen LogP contribution is 2.13. The van der Waals surface area contributed by atoms with Crippen molar-refractivity contribution in [2.24, 2.45) is 0 Å². The van der Waals surface area contributed by atoms with Crippen molar-refractivity contribution in [1.29, 1.82) is 0 Å². The Bertz CT molecular complexity index is 905. The minimum absolute atomic E-state index is 0.0953. The van der Waals surface area contributed by atoms with E-state index in [0.29, 0.717) is 21.9 Å². The number of hydrogen-bond acceptors (Lipinski definition) is 6. The predicted molar refractivity (Wildman–Crippen MR) is 111 cm³/mol. The fourth-order valence-corrected chi connectivity index (χ4v) is 2.38. The van der Waals surface area contributed by atoms with Gasteiger partial charge in [0.1, 0.15) is 5.75 Å². The largest absolute Gasteiger partial charge is 0.484 e. The van der Waals surface area contributed by atoms with Gasteiger partial charge in [-0.2, -0.15) is 0 Å². The number of hydrogen-bond donors (Lipinski definition) is 3. The van der Waals surface area contributed by atoms with E-state index >= 15 is 0 Å². The van der Waals surface area contributed by atoms with Crippen molar-refractivity contribution >= 4 is 46.7 Å². The Hall–Kier alpha value is -3.17. The van der Waals surface area contributed by atoms with Gasteiger partial charge in [-0.05, 0) is 61.6 Å². The number of amides is 2. The quantitative estimate of drug-likeness (QED) is 0.363. The zero-order valence-corrected chi connectivity index (χ0v) is 16.9. The zero-order valence-electron chi connectivity index (χ0n) is 15.4. The van der Waals surface area contributed by atoms with Crippen LogP contribution in [-0.2, 0) is 9.53 Å². The van der Waals surface area contributed by atoms with E-state index in [9.17, 15) is 14.4 Å². The van der Waals surface area contributed by atoms with Crippen molar-refractivity contribution in [2.75, 3.05) is 13.2 Å². The summed E-state index contributed by atoms with van der Waals surface area (Å²) in [5.74, 6) is -1.05. The second-order valence-corrected chi connectivity index (χ2v) is 6.34. The number of thiocarbonyl (C=S) groups is 1. The van der Waals surface area contributed by atoms with E-state index < -0.39 is 17.8 Å². The Morgan fingerprint density at radius 3 is 2.41 bits per heavy atom. The third kappa shape index (κ3) is 7.40. The summed E-state index contributed by atoms with van der Waals surface area (Å²) >= 11 is 10.8. The molecule has 152 valence electrons. The lowest BCUT2D eigenvalue weighted by atomic mass is 10.2. The van der Waals surface area contributed by atoms with Gasteiger partial charge in [-0.15, -0.1) is 0 Å². The van der Waals surface area contributed by atoms with Crippen LogP contribution in [0.1, 0.15) is 27.6 Å². The Kier molecular flexibility index (Phi) is 8.38. The number of ether oxygens (including phenoxy) is 2. The monoisotopic (exact) mass is 435 g/mol. The molecule has 8 nitrogen and oxygen atoms in total. The summed E-state index contributed by atoms with van der Waals surface area (Å²) in [5, 5.41) is 2.72. The molecule has 0 aliphatic carbocycles. The summed E-state index contributed by atoms with van der Waals surface area (Å²) in [6.07, 6.45) is 0. The van der Waals surface area contributed by atoms with Gasteiger partial charge in [-0.25, -0.2) is 4.79 Å². The normalized spacial score (nSPS) is 9.86. The Morgan fingerprint density at radius 1 is 1.03 bits per heavy atom. The number of benzene rings is 2.